The molecule has 0 spiro atoms. The number of hydrogen-bond acceptors (Lipinski definition) is 4. The molecule has 0 aliphatic rings. The maximum absolute atomic E-state index is 10.8. The molecule has 0 aliphatic carbocycles. The van der Waals surface area contributed by atoms with Crippen molar-refractivity contribution in [1.29, 1.82) is 0 Å². The number of amides is 1. The van der Waals surface area contributed by atoms with Gasteiger partial charge >= 0.3 is 5.97 Å². The molecule has 0 bridgehead atoms. The van der Waals surface area contributed by atoms with E-state index in [0.717, 1.165) is 16.2 Å². The van der Waals surface area contributed by atoms with Crippen LogP contribution in [0, 0.1) is 0 Å². The molecule has 0 saturated carbocycles. The summed E-state index contributed by atoms with van der Waals surface area (Å²) in [5.74, 6) is -1.13. The number of aromatic nitrogens is 1. The zero-order valence-corrected chi connectivity index (χ0v) is 8.75. The van der Waals surface area contributed by atoms with Crippen LogP contribution in [0.15, 0.2) is 6.20 Å². The van der Waals surface area contributed by atoms with Crippen LogP contribution in [0.2, 0.25) is 4.34 Å². The normalized spacial score (nSPS) is 12.1. The van der Waals surface area contributed by atoms with Crippen LogP contribution in [0.5, 0.6) is 0 Å². The Morgan fingerprint density at radius 2 is 2.50 bits per heavy atom. The van der Waals surface area contributed by atoms with Crippen molar-refractivity contribution in [3.8, 4) is 0 Å². The Bertz CT molecular complexity index is 354. The smallest absolute Gasteiger partial charge is 0.333 e. The Labute approximate surface area is 88.9 Å². The van der Waals surface area contributed by atoms with Crippen molar-refractivity contribution in [2.24, 2.45) is 0 Å². The highest BCUT2D eigenvalue weighted by atomic mass is 35.5. The standard InChI is InChI=1S/C7H7ClN2O3S/c1-10(3-11)5(7(12)13)6-9-2-4(8)14-6/h2-3,5H,1H3,(H,12,13). The molecular formula is C7H7ClN2O3S. The number of carboxylic acid groups (broad SMARTS) is 1. The van der Waals surface area contributed by atoms with E-state index in [4.69, 9.17) is 16.7 Å². The highest BCUT2D eigenvalue weighted by Gasteiger charge is 2.26. The van der Waals surface area contributed by atoms with Gasteiger partial charge in [0.1, 0.15) is 9.34 Å². The quantitative estimate of drug-likeness (QED) is 0.790. The molecule has 5 nitrogen and oxygen atoms in total. The zero-order chi connectivity index (χ0) is 10.7. The van der Waals surface area contributed by atoms with E-state index in [9.17, 15) is 9.59 Å². The van der Waals surface area contributed by atoms with Gasteiger partial charge in [0.25, 0.3) is 0 Å². The Morgan fingerprint density at radius 1 is 1.86 bits per heavy atom. The van der Waals surface area contributed by atoms with Gasteiger partial charge in [-0.05, 0) is 0 Å². The molecule has 1 unspecified atom stereocenters. The van der Waals surface area contributed by atoms with Gasteiger partial charge in [-0.1, -0.05) is 11.6 Å². The van der Waals surface area contributed by atoms with E-state index in [1.165, 1.54) is 13.2 Å². The van der Waals surface area contributed by atoms with E-state index in [0.29, 0.717) is 10.7 Å². The lowest BCUT2D eigenvalue weighted by molar-refractivity contribution is -0.145. The van der Waals surface area contributed by atoms with Crippen molar-refractivity contribution in [3.05, 3.63) is 15.5 Å². The van der Waals surface area contributed by atoms with E-state index in [2.05, 4.69) is 4.98 Å². The predicted molar refractivity (Wildman–Crippen MR) is 51.3 cm³/mol. The molecule has 1 aromatic heterocycles. The molecule has 0 aromatic carbocycles. The molecule has 1 aromatic rings. The monoisotopic (exact) mass is 234 g/mol. The Hall–Kier alpha value is -1.14. The first-order chi connectivity index (χ1) is 6.56. The molecule has 1 atom stereocenters. The lowest BCUT2D eigenvalue weighted by Gasteiger charge is -2.17. The average molecular weight is 235 g/mol. The first-order valence-corrected chi connectivity index (χ1v) is 4.77. The van der Waals surface area contributed by atoms with Crippen molar-refractivity contribution in [2.75, 3.05) is 7.05 Å². The van der Waals surface area contributed by atoms with Gasteiger partial charge in [-0.15, -0.1) is 11.3 Å². The molecule has 1 N–H and O–H groups in total. The molecule has 0 saturated heterocycles. The predicted octanol–water partition coefficient (Wildman–Crippen LogP) is 1.01. The maximum atomic E-state index is 10.8. The number of halogens is 1. The van der Waals surface area contributed by atoms with E-state index < -0.39 is 12.0 Å². The number of nitrogens with zero attached hydrogens (tertiary/aromatic N) is 2. The second-order valence-electron chi connectivity index (χ2n) is 2.51. The fourth-order valence-corrected chi connectivity index (χ4v) is 1.98. The van der Waals surface area contributed by atoms with Gasteiger partial charge in [-0.25, -0.2) is 9.78 Å². The second-order valence-corrected chi connectivity index (χ2v) is 4.21. The molecular weight excluding hydrogens is 228 g/mol. The van der Waals surface area contributed by atoms with Crippen LogP contribution in [0.1, 0.15) is 11.0 Å². The lowest BCUT2D eigenvalue weighted by Crippen LogP contribution is -2.29. The van der Waals surface area contributed by atoms with Crippen molar-refractivity contribution in [2.45, 2.75) is 6.04 Å². The van der Waals surface area contributed by atoms with Crippen LogP contribution in [0.25, 0.3) is 0 Å². The SMILES string of the molecule is CN(C=O)C(C(=O)O)c1ncc(Cl)s1. The molecule has 7 heteroatoms. The second kappa shape index (κ2) is 4.39. The first kappa shape index (κ1) is 10.9. The molecule has 0 radical (unpaired) electrons. The van der Waals surface area contributed by atoms with Gasteiger partial charge in [-0.2, -0.15) is 0 Å². The van der Waals surface area contributed by atoms with Crippen LogP contribution in [-0.4, -0.2) is 34.4 Å². The van der Waals surface area contributed by atoms with E-state index in [1.54, 1.807) is 0 Å². The van der Waals surface area contributed by atoms with Crippen molar-refractivity contribution in [3.63, 3.8) is 0 Å². The maximum Gasteiger partial charge on any atom is 0.333 e. The summed E-state index contributed by atoms with van der Waals surface area (Å²) in [6.07, 6.45) is 1.80. The van der Waals surface area contributed by atoms with Crippen LogP contribution in [0.3, 0.4) is 0 Å². The van der Waals surface area contributed by atoms with Gasteiger partial charge in [-0.3, -0.25) is 4.79 Å². The summed E-state index contributed by atoms with van der Waals surface area (Å²) in [6.45, 7) is 0. The number of carboxylic acids is 1. The lowest BCUT2D eigenvalue weighted by atomic mass is 10.3. The molecule has 14 heavy (non-hydrogen) atoms. The summed E-state index contributed by atoms with van der Waals surface area (Å²) in [7, 11) is 1.38. The van der Waals surface area contributed by atoms with Gasteiger partial charge in [0.2, 0.25) is 6.41 Å². The van der Waals surface area contributed by atoms with Crippen molar-refractivity contribution >= 4 is 35.3 Å². The number of aliphatic carboxylic acids is 1. The number of thiazole rings is 1. The van der Waals surface area contributed by atoms with E-state index in [-0.39, 0.29) is 5.01 Å². The highest BCUT2D eigenvalue weighted by Crippen LogP contribution is 2.26. The fraction of sp³-hybridized carbons (Fsp3) is 0.286. The average Bonchev–Trinajstić information content (AvgIpc) is 2.51. The number of rotatable bonds is 4. The van der Waals surface area contributed by atoms with Crippen LogP contribution in [-0.2, 0) is 9.59 Å². The Balaban J connectivity index is 2.99. The minimum absolute atomic E-state index is 0.289. The number of hydrogen-bond donors (Lipinski definition) is 1. The third-order valence-electron chi connectivity index (χ3n) is 1.54. The van der Waals surface area contributed by atoms with Gasteiger partial charge in [0.05, 0.1) is 6.20 Å². The zero-order valence-electron chi connectivity index (χ0n) is 7.18. The molecule has 76 valence electrons. The molecule has 1 heterocycles. The van der Waals surface area contributed by atoms with Crippen LogP contribution < -0.4 is 0 Å². The summed E-state index contributed by atoms with van der Waals surface area (Å²) in [5, 5.41) is 9.15. The Kier molecular flexibility index (Phi) is 3.43. The minimum atomic E-state index is -1.13. The van der Waals surface area contributed by atoms with Crippen LogP contribution in [0.4, 0.5) is 0 Å². The topological polar surface area (TPSA) is 70.5 Å². The van der Waals surface area contributed by atoms with E-state index >= 15 is 0 Å². The highest BCUT2D eigenvalue weighted by molar-refractivity contribution is 7.16. The third-order valence-corrected chi connectivity index (χ3v) is 2.70. The number of carbonyl (C=O) groups is 2. The third kappa shape index (κ3) is 2.21. The van der Waals surface area contributed by atoms with E-state index in [1.807, 2.05) is 0 Å². The Morgan fingerprint density at radius 3 is 2.86 bits per heavy atom. The van der Waals surface area contributed by atoms with Gasteiger partial charge < -0.3 is 10.0 Å². The van der Waals surface area contributed by atoms with Crippen LogP contribution >= 0.6 is 22.9 Å². The summed E-state index contributed by atoms with van der Waals surface area (Å²) >= 11 is 6.65. The van der Waals surface area contributed by atoms with Gasteiger partial charge in [0, 0.05) is 7.05 Å². The fourth-order valence-electron chi connectivity index (χ4n) is 0.908. The first-order valence-electron chi connectivity index (χ1n) is 3.57. The summed E-state index contributed by atoms with van der Waals surface area (Å²) in [6, 6.07) is -1.06. The molecule has 0 aliphatic heterocycles. The largest absolute Gasteiger partial charge is 0.479 e. The number of carbonyl (C=O) groups excluding carboxylic acids is 1. The molecule has 0 fully saturated rings. The van der Waals surface area contributed by atoms with Crippen molar-refractivity contribution < 1.29 is 14.7 Å². The minimum Gasteiger partial charge on any atom is -0.479 e. The molecule has 1 amide bonds. The number of likely N-dealkylation sites (N-methyl/N-ethyl adjacent to an activating group) is 1. The summed E-state index contributed by atoms with van der Waals surface area (Å²) in [5.41, 5.74) is 0. The van der Waals surface area contributed by atoms with Crippen molar-refractivity contribution in [1.82, 2.24) is 9.88 Å². The van der Waals surface area contributed by atoms with Gasteiger partial charge in [0.15, 0.2) is 6.04 Å². The molecule has 1 rings (SSSR count). The summed E-state index contributed by atoms with van der Waals surface area (Å²) in [4.78, 5) is 26.1. The summed E-state index contributed by atoms with van der Waals surface area (Å²) < 4.78 is 0.394.